The molecule has 0 spiro atoms. The van der Waals surface area contributed by atoms with Crippen molar-refractivity contribution in [3.05, 3.63) is 67.8 Å². The van der Waals surface area contributed by atoms with Crippen molar-refractivity contribution in [2.75, 3.05) is 40.3 Å². The average Bonchev–Trinajstić information content (AvgIpc) is 3.14. The minimum Gasteiger partial charge on any atom is -0.872 e. The number of nitro benzene ring substituents is 2. The molecule has 0 aliphatic heterocycles. The number of hydrogen-bond acceptors (Lipinski definition) is 24. The Hall–Kier alpha value is -5.13. The number of rotatable bonds is 14. The van der Waals surface area contributed by atoms with E-state index in [2.05, 4.69) is 21.3 Å². The molecule has 0 heterocycles. The second kappa shape index (κ2) is 62.2. The Labute approximate surface area is 396 Å². The smallest absolute Gasteiger partial charge is 0.872 e. The monoisotopic (exact) mass is 1040 g/mol. The van der Waals surface area contributed by atoms with Crippen molar-refractivity contribution in [3.63, 3.8) is 0 Å². The topological polar surface area (TPSA) is 508 Å². The fourth-order valence-electron chi connectivity index (χ4n) is 2.86. The largest absolute Gasteiger partial charge is 2.00 e. The van der Waals surface area contributed by atoms with E-state index in [1.165, 1.54) is 77.9 Å². The van der Waals surface area contributed by atoms with Crippen LogP contribution >= 0.6 is 0 Å². The van der Waals surface area contributed by atoms with Crippen LogP contribution in [0.2, 0.25) is 0 Å². The van der Waals surface area contributed by atoms with Gasteiger partial charge in [-0.05, 0) is 64.2 Å². The van der Waals surface area contributed by atoms with Crippen molar-refractivity contribution in [2.45, 2.75) is 67.5 Å². The molecular weight excluding hydrogens is 989 g/mol. The van der Waals surface area contributed by atoms with Crippen molar-refractivity contribution in [2.24, 2.45) is 0 Å². The summed E-state index contributed by atoms with van der Waals surface area (Å²) in [6.45, 7) is 12.6. The Morgan fingerprint density at radius 2 is 0.703 bits per heavy atom. The Morgan fingerprint density at radius 1 is 0.500 bits per heavy atom. The zero-order valence-electron chi connectivity index (χ0n) is 35.8. The van der Waals surface area contributed by atoms with Gasteiger partial charge in [0.25, 0.3) is 11.4 Å². The van der Waals surface area contributed by atoms with Crippen LogP contribution in [0.4, 0.5) is 11.4 Å². The molecule has 2 aromatic rings. The molecule has 364 valence electrons. The van der Waals surface area contributed by atoms with Gasteiger partial charge in [0.1, 0.15) is 0 Å². The number of hydrogen-bond donors (Lipinski definition) is 4. The van der Waals surface area contributed by atoms with E-state index in [9.17, 15) is 30.4 Å². The summed E-state index contributed by atoms with van der Waals surface area (Å²) in [4.78, 5) is 20.1. The van der Waals surface area contributed by atoms with Gasteiger partial charge in [0.15, 0.2) is 0 Å². The van der Waals surface area contributed by atoms with Crippen LogP contribution in [0.15, 0.2) is 36.4 Å². The maximum atomic E-state index is 11.4. The van der Waals surface area contributed by atoms with Gasteiger partial charge >= 0.3 is 33.0 Å². The van der Waals surface area contributed by atoms with Crippen LogP contribution in [-0.4, -0.2) is 50.1 Å². The van der Waals surface area contributed by atoms with E-state index in [1.54, 1.807) is 36.4 Å². The Kier molecular flexibility index (Phi) is 80.2. The SMILES string of the molecule is CC#N.CC#N.CC#N.CC#N.CC#N.CC#N.CNCCCNCc1cc([N+](=O)[O-])ccc1[O-].CNCCCNCc1cc([N+](=O)[O-])ccc1[O-].[Ni+2].[Ni+2].[O-][Cl+3]([O-])([O-])[O-].[O-][Cl+3]([O-])([O-])[O-]. The molecule has 0 saturated heterocycles. The van der Waals surface area contributed by atoms with Crippen LogP contribution in [0.1, 0.15) is 65.5 Å². The van der Waals surface area contributed by atoms with Crippen molar-refractivity contribution >= 4 is 11.4 Å². The van der Waals surface area contributed by atoms with Crippen molar-refractivity contribution in [3.8, 4) is 47.9 Å². The Morgan fingerprint density at radius 3 is 0.875 bits per heavy atom. The van der Waals surface area contributed by atoms with E-state index in [-0.39, 0.29) is 55.9 Å². The molecule has 0 aliphatic rings. The molecule has 0 aromatic heterocycles. The van der Waals surface area contributed by atoms with Crippen molar-refractivity contribution < 1.29 is 111 Å². The second-order valence-electron chi connectivity index (χ2n) is 9.46. The molecule has 26 nitrogen and oxygen atoms in total. The van der Waals surface area contributed by atoms with Crippen LogP contribution in [0, 0.1) is 109 Å². The predicted octanol–water partition coefficient (Wildman–Crippen LogP) is -5.60. The fourth-order valence-corrected chi connectivity index (χ4v) is 2.86. The maximum absolute atomic E-state index is 11.4. The summed E-state index contributed by atoms with van der Waals surface area (Å²) in [5.41, 5.74) is 0.778. The van der Waals surface area contributed by atoms with Gasteiger partial charge in [0, 0.05) is 78.9 Å². The third-order valence-corrected chi connectivity index (χ3v) is 4.70. The van der Waals surface area contributed by atoms with Crippen LogP contribution in [0.25, 0.3) is 0 Å². The maximum Gasteiger partial charge on any atom is 2.00 e. The molecule has 4 N–H and O–H groups in total. The molecule has 30 heteroatoms. The summed E-state index contributed by atoms with van der Waals surface area (Å²) in [5, 5.41) is 100. The van der Waals surface area contributed by atoms with E-state index < -0.39 is 30.3 Å². The van der Waals surface area contributed by atoms with E-state index in [0.717, 1.165) is 39.0 Å². The first kappa shape index (κ1) is 82.5. The Balaban J connectivity index is -0.0000000713. The van der Waals surface area contributed by atoms with Gasteiger partial charge in [0.05, 0.1) is 46.3 Å². The van der Waals surface area contributed by atoms with Crippen molar-refractivity contribution in [1.29, 1.82) is 31.6 Å². The number of non-ortho nitro benzene ring substituents is 2. The summed E-state index contributed by atoms with van der Waals surface area (Å²) < 4.78 is 67.9. The van der Waals surface area contributed by atoms with Crippen LogP contribution < -0.4 is 68.8 Å². The van der Waals surface area contributed by atoms with Crippen molar-refractivity contribution in [1.82, 2.24) is 21.3 Å². The first-order valence-electron chi connectivity index (χ1n) is 16.5. The molecular formula is C34H50Cl2N12Ni2O14. The fraction of sp³-hybridized carbons (Fsp3) is 0.471. The van der Waals surface area contributed by atoms with Gasteiger partial charge < -0.3 is 31.5 Å². The molecule has 0 saturated carbocycles. The minimum absolute atomic E-state index is 0. The molecule has 0 unspecified atom stereocenters. The predicted molar refractivity (Wildman–Crippen MR) is 193 cm³/mol. The number of nitro groups is 2. The Bertz CT molecular complexity index is 1480. The standard InChI is InChI=1S/2C11H17N3O3.6C2H3N.2ClHO4.2Ni/c2*1-12-5-2-6-13-8-9-7-10(14(16)17)3-4-11(9)15;6*1-2-3;2*2-1(3,4)5;;/h2*3-4,7,12-13,15H,2,5-6,8H2,1H3;6*1H3;2*(H,2,3,4,5);;/q;;;;;;;;;;2*+2/p-4. The number of halogens is 2. The molecule has 0 fully saturated rings. The third-order valence-electron chi connectivity index (χ3n) is 4.70. The van der Waals surface area contributed by atoms with E-state index in [1.807, 2.05) is 14.1 Å². The molecule has 0 aliphatic carbocycles. The van der Waals surface area contributed by atoms with Crippen LogP contribution in [0.5, 0.6) is 11.5 Å². The average molecular weight is 1040 g/mol. The number of nitrogens with zero attached hydrogens (tertiary/aromatic N) is 8. The summed E-state index contributed by atoms with van der Waals surface area (Å²) >= 11 is 0. The first-order valence-corrected chi connectivity index (χ1v) is 18.9. The van der Waals surface area contributed by atoms with Gasteiger partial charge in [-0.25, -0.2) is 37.3 Å². The molecule has 2 rings (SSSR count). The van der Waals surface area contributed by atoms with E-state index >= 15 is 0 Å². The molecule has 0 amide bonds. The minimum atomic E-state index is -4.94. The van der Waals surface area contributed by atoms with E-state index in [0.29, 0.717) is 24.2 Å². The second-order valence-corrected chi connectivity index (χ2v) is 11.0. The van der Waals surface area contributed by atoms with Gasteiger partial charge in [-0.1, -0.05) is 12.1 Å². The van der Waals surface area contributed by atoms with Gasteiger partial charge in [-0.2, -0.15) is 31.6 Å². The van der Waals surface area contributed by atoms with Crippen LogP contribution in [-0.2, 0) is 46.1 Å². The number of nitriles is 6. The molecule has 0 bridgehead atoms. The summed E-state index contributed by atoms with van der Waals surface area (Å²) in [7, 11) is -6.15. The normalized spacial score (nSPS) is 8.16. The zero-order valence-corrected chi connectivity index (χ0v) is 39.3. The molecule has 64 heavy (non-hydrogen) atoms. The molecule has 0 radical (unpaired) electrons. The van der Waals surface area contributed by atoms with E-state index in [4.69, 9.17) is 68.8 Å². The van der Waals surface area contributed by atoms with Gasteiger partial charge in [-0.3, -0.25) is 20.2 Å². The number of benzene rings is 2. The third kappa shape index (κ3) is 96.6. The number of nitrogens with one attached hydrogen (secondary N) is 4. The first-order chi connectivity index (χ1) is 28.8. The summed E-state index contributed by atoms with van der Waals surface area (Å²) in [5.74, 6) is -0.339. The molecule has 0 atom stereocenters. The zero-order chi connectivity index (χ0) is 50.6. The summed E-state index contributed by atoms with van der Waals surface area (Å²) in [6, 6.07) is 18.1. The molecule has 2 aromatic carbocycles. The summed E-state index contributed by atoms with van der Waals surface area (Å²) in [6.07, 6.45) is 1.89. The quantitative estimate of drug-likeness (QED) is 0.0593. The van der Waals surface area contributed by atoms with Gasteiger partial charge in [-0.15, -0.1) is 32.0 Å². The van der Waals surface area contributed by atoms with Crippen LogP contribution in [0.3, 0.4) is 0 Å². The van der Waals surface area contributed by atoms with Gasteiger partial charge in [0.2, 0.25) is 0 Å².